The molecule has 0 aliphatic heterocycles. The monoisotopic (exact) mass is 299 g/mol. The molecule has 1 aliphatic rings. The number of benzene rings is 1. The third kappa shape index (κ3) is 4.13. The van der Waals surface area contributed by atoms with E-state index in [9.17, 15) is 4.39 Å². The van der Waals surface area contributed by atoms with E-state index in [1.54, 1.807) is 6.07 Å². The molecule has 0 heterocycles. The van der Waals surface area contributed by atoms with E-state index in [-0.39, 0.29) is 18.2 Å². The molecule has 0 unspecified atom stereocenters. The van der Waals surface area contributed by atoms with Gasteiger partial charge in [-0.2, -0.15) is 0 Å². The van der Waals surface area contributed by atoms with E-state index in [0.717, 1.165) is 5.56 Å². The third-order valence-electron chi connectivity index (χ3n) is 2.55. The molecule has 1 N–H and O–H groups in total. The molecule has 2 rings (SSSR count). The summed E-state index contributed by atoms with van der Waals surface area (Å²) in [5.41, 5.74) is 0.944. The van der Waals surface area contributed by atoms with Crippen molar-refractivity contribution in [1.82, 2.24) is 5.32 Å². The molecule has 0 atom stereocenters. The van der Waals surface area contributed by atoms with Crippen molar-refractivity contribution in [3.05, 3.63) is 40.6 Å². The molecule has 1 saturated carbocycles. The molecule has 1 aromatic rings. The van der Waals surface area contributed by atoms with E-state index in [0.29, 0.717) is 17.1 Å². The number of nitrogens with one attached hydrogen (secondary N) is 1. The van der Waals surface area contributed by atoms with Gasteiger partial charge in [-0.1, -0.05) is 28.6 Å². The Morgan fingerprint density at radius 3 is 2.88 bits per heavy atom. The fraction of sp³-hybridized carbons (Fsp3) is 0.385. The normalized spacial score (nSPS) is 14.7. The van der Waals surface area contributed by atoms with Crippen LogP contribution < -0.4 is 10.1 Å². The highest BCUT2D eigenvalue weighted by Crippen LogP contribution is 2.22. The van der Waals surface area contributed by atoms with Gasteiger partial charge >= 0.3 is 0 Å². The van der Waals surface area contributed by atoms with Gasteiger partial charge in [0.05, 0.1) is 0 Å². The van der Waals surface area contributed by atoms with Gasteiger partial charge in [0, 0.05) is 17.1 Å². The second-order valence-corrected chi connectivity index (χ2v) is 5.35. The van der Waals surface area contributed by atoms with E-state index < -0.39 is 0 Å². The maximum Gasteiger partial charge on any atom is 0.165 e. The lowest BCUT2D eigenvalue weighted by atomic mass is 10.2. The lowest BCUT2D eigenvalue weighted by Crippen LogP contribution is -2.15. The summed E-state index contributed by atoms with van der Waals surface area (Å²) in [5, 5.41) is 3.34. The highest BCUT2D eigenvalue weighted by atomic mass is 79.9. The lowest BCUT2D eigenvalue weighted by Gasteiger charge is -2.08. The van der Waals surface area contributed by atoms with E-state index in [1.165, 1.54) is 18.9 Å². The van der Waals surface area contributed by atoms with Crippen LogP contribution in [0.2, 0.25) is 0 Å². The molecule has 92 valence electrons. The van der Waals surface area contributed by atoms with Crippen LogP contribution >= 0.6 is 15.9 Å². The van der Waals surface area contributed by atoms with Gasteiger partial charge in [-0.05, 0) is 30.5 Å². The van der Waals surface area contributed by atoms with Crippen molar-refractivity contribution in [1.29, 1.82) is 0 Å². The Bertz CT molecular complexity index is 418. The summed E-state index contributed by atoms with van der Waals surface area (Å²) >= 11 is 3.17. The van der Waals surface area contributed by atoms with Crippen LogP contribution in [0, 0.1) is 5.82 Å². The minimum atomic E-state index is -0.325. The molecule has 0 aromatic heterocycles. The molecule has 17 heavy (non-hydrogen) atoms. The topological polar surface area (TPSA) is 21.3 Å². The van der Waals surface area contributed by atoms with E-state index in [2.05, 4.69) is 27.8 Å². The zero-order valence-electron chi connectivity index (χ0n) is 9.51. The molecule has 0 radical (unpaired) electrons. The number of ether oxygens (including phenoxy) is 1. The Kier molecular flexibility index (Phi) is 4.18. The molecule has 0 amide bonds. The number of hydrogen-bond acceptors (Lipinski definition) is 2. The highest BCUT2D eigenvalue weighted by molar-refractivity contribution is 9.11. The van der Waals surface area contributed by atoms with Gasteiger partial charge in [-0.15, -0.1) is 0 Å². The van der Waals surface area contributed by atoms with Gasteiger partial charge in [-0.25, -0.2) is 4.39 Å². The summed E-state index contributed by atoms with van der Waals surface area (Å²) < 4.78 is 19.6. The van der Waals surface area contributed by atoms with Gasteiger partial charge < -0.3 is 10.1 Å². The summed E-state index contributed by atoms with van der Waals surface area (Å²) in [6, 6.07) is 5.69. The molecule has 4 heteroatoms. The summed E-state index contributed by atoms with van der Waals surface area (Å²) in [7, 11) is 0. The van der Waals surface area contributed by atoms with Crippen LogP contribution in [0.15, 0.2) is 29.3 Å². The average molecular weight is 300 g/mol. The smallest absolute Gasteiger partial charge is 0.165 e. The van der Waals surface area contributed by atoms with Crippen LogP contribution in [0.25, 0.3) is 0 Å². The van der Waals surface area contributed by atoms with Crippen molar-refractivity contribution in [3.8, 4) is 5.75 Å². The fourth-order valence-corrected chi connectivity index (χ4v) is 1.59. The van der Waals surface area contributed by atoms with Gasteiger partial charge in [0.15, 0.2) is 11.6 Å². The van der Waals surface area contributed by atoms with Crippen molar-refractivity contribution in [2.75, 3.05) is 6.61 Å². The quantitative estimate of drug-likeness (QED) is 0.870. The minimum absolute atomic E-state index is 0.265. The second-order valence-electron chi connectivity index (χ2n) is 4.23. The number of rotatable bonds is 6. The number of halogens is 2. The molecule has 0 bridgehead atoms. The summed E-state index contributed by atoms with van der Waals surface area (Å²) in [6.45, 7) is 4.62. The van der Waals surface area contributed by atoms with Crippen molar-refractivity contribution in [2.45, 2.75) is 25.4 Å². The summed E-state index contributed by atoms with van der Waals surface area (Å²) in [4.78, 5) is 0. The van der Waals surface area contributed by atoms with E-state index in [1.807, 2.05) is 6.07 Å². The first-order chi connectivity index (χ1) is 8.15. The molecule has 0 saturated heterocycles. The Morgan fingerprint density at radius 2 is 2.29 bits per heavy atom. The molecule has 1 fully saturated rings. The highest BCUT2D eigenvalue weighted by Gasteiger charge is 2.20. The van der Waals surface area contributed by atoms with Gasteiger partial charge in [-0.3, -0.25) is 0 Å². The zero-order chi connectivity index (χ0) is 12.3. The van der Waals surface area contributed by atoms with E-state index in [4.69, 9.17) is 4.74 Å². The molecule has 2 nitrogen and oxygen atoms in total. The Hall–Kier alpha value is -0.870. The Morgan fingerprint density at radius 1 is 1.53 bits per heavy atom. The fourth-order valence-electron chi connectivity index (χ4n) is 1.48. The summed E-state index contributed by atoms with van der Waals surface area (Å²) in [5.74, 6) is -0.0605. The third-order valence-corrected chi connectivity index (χ3v) is 2.78. The van der Waals surface area contributed by atoms with Crippen LogP contribution in [0.1, 0.15) is 18.4 Å². The minimum Gasteiger partial charge on any atom is -0.485 e. The van der Waals surface area contributed by atoms with Crippen LogP contribution in [-0.2, 0) is 6.54 Å². The van der Waals surface area contributed by atoms with Crippen molar-refractivity contribution in [2.24, 2.45) is 0 Å². The maximum absolute atomic E-state index is 13.6. The van der Waals surface area contributed by atoms with Gasteiger partial charge in [0.2, 0.25) is 0 Å². The zero-order valence-corrected chi connectivity index (χ0v) is 11.1. The van der Waals surface area contributed by atoms with Crippen LogP contribution in [0.5, 0.6) is 5.75 Å². The van der Waals surface area contributed by atoms with Gasteiger partial charge in [0.1, 0.15) is 6.61 Å². The van der Waals surface area contributed by atoms with Crippen molar-refractivity contribution < 1.29 is 9.13 Å². The SMILES string of the molecule is C=C(Br)COc1ccc(CNC2CC2)cc1F. The number of hydrogen-bond donors (Lipinski definition) is 1. The predicted octanol–water partition coefficient (Wildman–Crippen LogP) is 3.37. The molecular weight excluding hydrogens is 285 g/mol. The predicted molar refractivity (Wildman–Crippen MR) is 69.8 cm³/mol. The first kappa shape index (κ1) is 12.6. The molecule has 1 aliphatic carbocycles. The maximum atomic E-state index is 13.6. The van der Waals surface area contributed by atoms with Gasteiger partial charge in [0.25, 0.3) is 0 Å². The first-order valence-electron chi connectivity index (χ1n) is 5.63. The second kappa shape index (κ2) is 5.65. The standard InChI is InChI=1S/C13H15BrFNO/c1-9(14)8-17-13-5-2-10(6-12(13)15)7-16-11-3-4-11/h2,5-6,11,16H,1,3-4,7-8H2. The van der Waals surface area contributed by atoms with Crippen LogP contribution in [0.3, 0.4) is 0 Å². The van der Waals surface area contributed by atoms with E-state index >= 15 is 0 Å². The lowest BCUT2D eigenvalue weighted by molar-refractivity contribution is 0.339. The van der Waals surface area contributed by atoms with Crippen LogP contribution in [0.4, 0.5) is 4.39 Å². The Labute approximate surface area is 109 Å². The first-order valence-corrected chi connectivity index (χ1v) is 6.42. The molecular formula is C13H15BrFNO. The van der Waals surface area contributed by atoms with Crippen molar-refractivity contribution in [3.63, 3.8) is 0 Å². The van der Waals surface area contributed by atoms with Crippen LogP contribution in [-0.4, -0.2) is 12.6 Å². The Balaban J connectivity index is 1.92. The largest absolute Gasteiger partial charge is 0.485 e. The molecule has 1 aromatic carbocycles. The van der Waals surface area contributed by atoms with Crippen molar-refractivity contribution >= 4 is 15.9 Å². The average Bonchev–Trinajstić information content (AvgIpc) is 3.08. The summed E-state index contributed by atoms with van der Waals surface area (Å²) in [6.07, 6.45) is 2.47. The molecule has 0 spiro atoms.